The second kappa shape index (κ2) is 4.78. The van der Waals surface area contributed by atoms with Gasteiger partial charge in [0, 0.05) is 6.04 Å². The SMILES string of the molecule is CC(C)C(C)N1CCCC[C@@H]1C(=O)O. The monoisotopic (exact) mass is 199 g/mol. The summed E-state index contributed by atoms with van der Waals surface area (Å²) in [6.07, 6.45) is 3.01. The Hall–Kier alpha value is -0.570. The predicted octanol–water partition coefficient (Wildman–Crippen LogP) is 1.97. The van der Waals surface area contributed by atoms with E-state index in [2.05, 4.69) is 25.7 Å². The molecule has 82 valence electrons. The van der Waals surface area contributed by atoms with Crippen LogP contribution in [0.4, 0.5) is 0 Å². The number of carboxylic acid groups (broad SMARTS) is 1. The molecular weight excluding hydrogens is 178 g/mol. The molecule has 0 amide bonds. The van der Waals surface area contributed by atoms with Crippen molar-refractivity contribution in [2.45, 2.75) is 52.1 Å². The molecule has 1 aliphatic heterocycles. The average molecular weight is 199 g/mol. The smallest absolute Gasteiger partial charge is 0.320 e. The molecule has 1 unspecified atom stereocenters. The summed E-state index contributed by atoms with van der Waals surface area (Å²) in [5.74, 6) is -0.132. The van der Waals surface area contributed by atoms with Gasteiger partial charge in [0.25, 0.3) is 0 Å². The molecule has 1 heterocycles. The first kappa shape index (κ1) is 11.5. The second-order valence-electron chi connectivity index (χ2n) is 4.57. The highest BCUT2D eigenvalue weighted by molar-refractivity contribution is 5.73. The maximum absolute atomic E-state index is 11.1. The first-order valence-electron chi connectivity index (χ1n) is 5.52. The van der Waals surface area contributed by atoms with Crippen LogP contribution < -0.4 is 0 Å². The van der Waals surface area contributed by atoms with Crippen LogP contribution >= 0.6 is 0 Å². The second-order valence-corrected chi connectivity index (χ2v) is 4.57. The zero-order valence-electron chi connectivity index (χ0n) is 9.36. The van der Waals surface area contributed by atoms with E-state index in [0.29, 0.717) is 12.0 Å². The third-order valence-corrected chi connectivity index (χ3v) is 3.32. The van der Waals surface area contributed by atoms with E-state index >= 15 is 0 Å². The van der Waals surface area contributed by atoms with Gasteiger partial charge in [-0.05, 0) is 32.2 Å². The molecule has 0 aromatic rings. The molecule has 14 heavy (non-hydrogen) atoms. The molecule has 1 fully saturated rings. The molecular formula is C11H21NO2. The van der Waals surface area contributed by atoms with E-state index in [4.69, 9.17) is 5.11 Å². The van der Waals surface area contributed by atoms with E-state index in [0.717, 1.165) is 25.8 Å². The molecule has 1 rings (SSSR count). The van der Waals surface area contributed by atoms with E-state index < -0.39 is 5.97 Å². The largest absolute Gasteiger partial charge is 0.480 e. The third kappa shape index (κ3) is 2.47. The molecule has 3 heteroatoms. The van der Waals surface area contributed by atoms with Crippen molar-refractivity contribution in [1.29, 1.82) is 0 Å². The van der Waals surface area contributed by atoms with Crippen molar-refractivity contribution in [2.75, 3.05) is 6.54 Å². The molecule has 0 aromatic heterocycles. The van der Waals surface area contributed by atoms with Crippen LogP contribution in [0.2, 0.25) is 0 Å². The molecule has 0 bridgehead atoms. The maximum atomic E-state index is 11.1. The lowest BCUT2D eigenvalue weighted by Crippen LogP contribution is -2.50. The minimum Gasteiger partial charge on any atom is -0.480 e. The summed E-state index contributed by atoms with van der Waals surface area (Å²) in [4.78, 5) is 13.2. The van der Waals surface area contributed by atoms with Crippen molar-refractivity contribution >= 4 is 5.97 Å². The Bertz CT molecular complexity index is 203. The van der Waals surface area contributed by atoms with Crippen LogP contribution in [0.15, 0.2) is 0 Å². The van der Waals surface area contributed by atoms with Crippen LogP contribution in [0.25, 0.3) is 0 Å². The van der Waals surface area contributed by atoms with Crippen LogP contribution in [0.3, 0.4) is 0 Å². The van der Waals surface area contributed by atoms with Gasteiger partial charge in [0.15, 0.2) is 0 Å². The van der Waals surface area contributed by atoms with Crippen LogP contribution in [0.5, 0.6) is 0 Å². The fourth-order valence-corrected chi connectivity index (χ4v) is 2.09. The van der Waals surface area contributed by atoms with Gasteiger partial charge in [0.05, 0.1) is 0 Å². The Balaban J connectivity index is 2.67. The summed E-state index contributed by atoms with van der Waals surface area (Å²) >= 11 is 0. The standard InChI is InChI=1S/C11H21NO2/c1-8(2)9(3)12-7-5-4-6-10(12)11(13)14/h8-10H,4-7H2,1-3H3,(H,13,14)/t9?,10-/m1/s1. The van der Waals surface area contributed by atoms with Crippen LogP contribution in [0, 0.1) is 5.92 Å². The summed E-state index contributed by atoms with van der Waals surface area (Å²) in [7, 11) is 0. The minimum absolute atomic E-state index is 0.249. The molecule has 0 aliphatic carbocycles. The molecule has 3 nitrogen and oxygen atoms in total. The number of rotatable bonds is 3. The lowest BCUT2D eigenvalue weighted by atomic mass is 9.96. The Morgan fingerprint density at radius 3 is 2.50 bits per heavy atom. The van der Waals surface area contributed by atoms with E-state index in [-0.39, 0.29) is 6.04 Å². The van der Waals surface area contributed by atoms with E-state index in [9.17, 15) is 4.79 Å². The van der Waals surface area contributed by atoms with Crippen LogP contribution in [-0.4, -0.2) is 34.6 Å². The number of hydrogen-bond acceptors (Lipinski definition) is 2. The number of hydrogen-bond donors (Lipinski definition) is 1. The van der Waals surface area contributed by atoms with Crippen molar-refractivity contribution in [2.24, 2.45) is 5.92 Å². The van der Waals surface area contributed by atoms with Crippen molar-refractivity contribution in [1.82, 2.24) is 4.90 Å². The Kier molecular flexibility index (Phi) is 3.93. The molecule has 1 N–H and O–H groups in total. The molecule has 2 atom stereocenters. The summed E-state index contributed by atoms with van der Waals surface area (Å²) in [6, 6.07) is 0.123. The zero-order valence-corrected chi connectivity index (χ0v) is 9.36. The Morgan fingerprint density at radius 2 is 2.00 bits per heavy atom. The normalized spacial score (nSPS) is 26.4. The fourth-order valence-electron chi connectivity index (χ4n) is 2.09. The van der Waals surface area contributed by atoms with Gasteiger partial charge in [0.2, 0.25) is 0 Å². The summed E-state index contributed by atoms with van der Waals surface area (Å²) in [6.45, 7) is 7.37. The first-order chi connectivity index (χ1) is 6.54. The van der Waals surface area contributed by atoms with Crippen molar-refractivity contribution in [3.63, 3.8) is 0 Å². The van der Waals surface area contributed by atoms with Gasteiger partial charge in [-0.25, -0.2) is 0 Å². The van der Waals surface area contributed by atoms with E-state index in [1.165, 1.54) is 0 Å². The van der Waals surface area contributed by atoms with Crippen LogP contribution in [-0.2, 0) is 4.79 Å². The molecule has 1 aliphatic rings. The Labute approximate surface area is 86.1 Å². The van der Waals surface area contributed by atoms with Gasteiger partial charge in [-0.2, -0.15) is 0 Å². The van der Waals surface area contributed by atoms with Gasteiger partial charge in [0.1, 0.15) is 6.04 Å². The molecule has 1 saturated heterocycles. The lowest BCUT2D eigenvalue weighted by Gasteiger charge is -2.39. The highest BCUT2D eigenvalue weighted by Gasteiger charge is 2.32. The Morgan fingerprint density at radius 1 is 1.36 bits per heavy atom. The van der Waals surface area contributed by atoms with Crippen molar-refractivity contribution < 1.29 is 9.90 Å². The highest BCUT2D eigenvalue weighted by atomic mass is 16.4. The van der Waals surface area contributed by atoms with Gasteiger partial charge in [-0.3, -0.25) is 9.69 Å². The molecule has 0 saturated carbocycles. The van der Waals surface area contributed by atoms with Crippen LogP contribution in [0.1, 0.15) is 40.0 Å². The number of likely N-dealkylation sites (tertiary alicyclic amines) is 1. The van der Waals surface area contributed by atoms with Crippen molar-refractivity contribution in [3.8, 4) is 0 Å². The maximum Gasteiger partial charge on any atom is 0.320 e. The van der Waals surface area contributed by atoms with Crippen molar-refractivity contribution in [3.05, 3.63) is 0 Å². The molecule has 0 radical (unpaired) electrons. The van der Waals surface area contributed by atoms with Gasteiger partial charge in [-0.1, -0.05) is 20.3 Å². The average Bonchev–Trinajstić information content (AvgIpc) is 2.16. The topological polar surface area (TPSA) is 40.5 Å². The quantitative estimate of drug-likeness (QED) is 0.755. The summed E-state index contributed by atoms with van der Waals surface area (Å²) in [5.41, 5.74) is 0. The summed E-state index contributed by atoms with van der Waals surface area (Å²) < 4.78 is 0. The minimum atomic E-state index is -0.655. The van der Waals surface area contributed by atoms with E-state index in [1.807, 2.05) is 0 Å². The van der Waals surface area contributed by atoms with Gasteiger partial charge >= 0.3 is 5.97 Å². The van der Waals surface area contributed by atoms with E-state index in [1.54, 1.807) is 0 Å². The highest BCUT2D eigenvalue weighted by Crippen LogP contribution is 2.22. The number of piperidine rings is 1. The number of carboxylic acids is 1. The number of carbonyl (C=O) groups is 1. The fraction of sp³-hybridized carbons (Fsp3) is 0.909. The molecule has 0 spiro atoms. The number of aliphatic carboxylic acids is 1. The lowest BCUT2D eigenvalue weighted by molar-refractivity contribution is -0.146. The zero-order chi connectivity index (χ0) is 10.7. The summed E-state index contributed by atoms with van der Waals surface area (Å²) in [5, 5.41) is 9.10. The van der Waals surface area contributed by atoms with Gasteiger partial charge in [-0.15, -0.1) is 0 Å². The predicted molar refractivity (Wildman–Crippen MR) is 56.3 cm³/mol. The first-order valence-corrected chi connectivity index (χ1v) is 5.52. The number of nitrogens with zero attached hydrogens (tertiary/aromatic N) is 1. The van der Waals surface area contributed by atoms with Gasteiger partial charge < -0.3 is 5.11 Å². The third-order valence-electron chi connectivity index (χ3n) is 3.32. The molecule has 0 aromatic carbocycles.